The summed E-state index contributed by atoms with van der Waals surface area (Å²) in [5, 5.41) is 2.69. The highest BCUT2D eigenvalue weighted by Gasteiger charge is 2.11. The molecule has 5 heteroatoms. The lowest BCUT2D eigenvalue weighted by atomic mass is 10.3. The number of hydrogen-bond acceptors (Lipinski definition) is 4. The first-order valence-corrected chi connectivity index (χ1v) is 5.41. The summed E-state index contributed by atoms with van der Waals surface area (Å²) in [5.41, 5.74) is 5.49. The lowest BCUT2D eigenvalue weighted by Gasteiger charge is -2.10. The first kappa shape index (κ1) is 13.3. The van der Waals surface area contributed by atoms with Crippen LogP contribution in [0.5, 0.6) is 0 Å². The Labute approximate surface area is 88.9 Å². The quantitative estimate of drug-likeness (QED) is 0.442. The van der Waals surface area contributed by atoms with Gasteiger partial charge in [0.25, 0.3) is 0 Å². The summed E-state index contributed by atoms with van der Waals surface area (Å²) in [6, 6.07) is -0.586. The molecule has 0 radical (unpaired) electrons. The minimum atomic E-state index is -0.586. The normalized spacial score (nSPS) is 11.8. The van der Waals surface area contributed by atoms with Crippen LogP contribution in [0.25, 0.3) is 0 Å². The second-order valence-electron chi connectivity index (χ2n) is 2.61. The van der Waals surface area contributed by atoms with Crippen LogP contribution in [0.15, 0.2) is 0 Å². The first-order valence-electron chi connectivity index (χ1n) is 4.25. The van der Waals surface area contributed by atoms with Crippen LogP contribution in [-0.4, -0.2) is 43.7 Å². The molecule has 0 heterocycles. The average Bonchev–Trinajstić information content (AvgIpc) is 2.17. The molecule has 1 unspecified atom stereocenters. The Hall–Kier alpha value is -0.700. The van der Waals surface area contributed by atoms with Crippen molar-refractivity contribution in [2.24, 2.45) is 5.73 Å². The zero-order valence-corrected chi connectivity index (χ0v) is 9.10. The Morgan fingerprint density at radius 1 is 1.79 bits per heavy atom. The molecule has 0 rings (SSSR count). The first-order chi connectivity index (χ1) is 6.72. The number of hydrogen-bond donors (Lipinski definition) is 2. The molecule has 4 nitrogen and oxygen atoms in total. The van der Waals surface area contributed by atoms with Crippen LogP contribution < -0.4 is 11.1 Å². The Kier molecular flexibility index (Phi) is 8.43. The predicted octanol–water partition coefficient (Wildman–Crippen LogP) is -0.557. The molecule has 0 spiro atoms. The summed E-state index contributed by atoms with van der Waals surface area (Å²) in [5.74, 6) is 3.79. The van der Waals surface area contributed by atoms with Crippen molar-refractivity contribution < 1.29 is 9.53 Å². The zero-order chi connectivity index (χ0) is 10.8. The second-order valence-corrected chi connectivity index (χ2v) is 3.71. The Morgan fingerprint density at radius 3 is 3.07 bits per heavy atom. The molecule has 0 aliphatic heterocycles. The van der Waals surface area contributed by atoms with E-state index in [-0.39, 0.29) is 12.5 Å². The molecule has 0 saturated heterocycles. The third kappa shape index (κ3) is 6.78. The van der Waals surface area contributed by atoms with Gasteiger partial charge in [0.05, 0.1) is 12.4 Å². The van der Waals surface area contributed by atoms with Crippen LogP contribution in [0.3, 0.4) is 0 Å². The third-order valence-electron chi connectivity index (χ3n) is 1.41. The van der Waals surface area contributed by atoms with Crippen molar-refractivity contribution in [3.8, 4) is 12.3 Å². The molecular weight excluding hydrogens is 200 g/mol. The fourth-order valence-electron chi connectivity index (χ4n) is 0.764. The van der Waals surface area contributed by atoms with Crippen molar-refractivity contribution in [1.82, 2.24) is 5.32 Å². The van der Waals surface area contributed by atoms with Crippen LogP contribution in [0, 0.1) is 12.3 Å². The van der Waals surface area contributed by atoms with Crippen molar-refractivity contribution >= 4 is 17.7 Å². The van der Waals surface area contributed by atoms with E-state index in [1.54, 1.807) is 11.8 Å². The molecule has 0 aliphatic rings. The molecule has 1 amide bonds. The number of thioether (sulfide) groups is 1. The van der Waals surface area contributed by atoms with Crippen molar-refractivity contribution in [2.75, 3.05) is 31.8 Å². The van der Waals surface area contributed by atoms with E-state index in [1.165, 1.54) is 7.11 Å². The monoisotopic (exact) mass is 216 g/mol. The van der Waals surface area contributed by atoms with Gasteiger partial charge in [0.1, 0.15) is 6.04 Å². The van der Waals surface area contributed by atoms with Gasteiger partial charge in [-0.1, -0.05) is 5.92 Å². The van der Waals surface area contributed by atoms with Gasteiger partial charge in [-0.05, 0) is 0 Å². The molecule has 0 aromatic heterocycles. The number of terminal acetylenes is 1. The van der Waals surface area contributed by atoms with E-state index in [9.17, 15) is 4.79 Å². The Balaban J connectivity index is 3.40. The molecule has 0 saturated carbocycles. The van der Waals surface area contributed by atoms with Gasteiger partial charge in [-0.15, -0.1) is 18.2 Å². The maximum Gasteiger partial charge on any atom is 0.239 e. The maximum absolute atomic E-state index is 11.2. The van der Waals surface area contributed by atoms with Crippen molar-refractivity contribution in [3.63, 3.8) is 0 Å². The van der Waals surface area contributed by atoms with E-state index in [2.05, 4.69) is 11.2 Å². The number of amides is 1. The van der Waals surface area contributed by atoms with Gasteiger partial charge >= 0.3 is 0 Å². The fourth-order valence-corrected chi connectivity index (χ4v) is 1.27. The van der Waals surface area contributed by atoms with Crippen LogP contribution >= 0.6 is 11.8 Å². The van der Waals surface area contributed by atoms with Crippen LogP contribution in [0.1, 0.15) is 0 Å². The van der Waals surface area contributed by atoms with Gasteiger partial charge in [0, 0.05) is 19.4 Å². The second kappa shape index (κ2) is 8.88. The molecular formula is C9H16N2O2S. The molecule has 1 atom stereocenters. The molecule has 0 fully saturated rings. The van der Waals surface area contributed by atoms with Gasteiger partial charge in [-0.3, -0.25) is 4.79 Å². The number of methoxy groups -OCH3 is 1. The van der Waals surface area contributed by atoms with E-state index in [4.69, 9.17) is 16.9 Å². The molecule has 0 aromatic carbocycles. The molecule has 14 heavy (non-hydrogen) atoms. The lowest BCUT2D eigenvalue weighted by Crippen LogP contribution is -2.44. The zero-order valence-electron chi connectivity index (χ0n) is 8.29. The minimum Gasteiger partial charge on any atom is -0.383 e. The number of nitrogens with one attached hydrogen (secondary N) is 1. The smallest absolute Gasteiger partial charge is 0.239 e. The molecule has 3 N–H and O–H groups in total. The largest absolute Gasteiger partial charge is 0.383 e. The standard InChI is InChI=1S/C9H16N2O2S/c1-3-5-14-6-4-11-9(12)8(10)7-13-2/h1,8H,4-7,10H2,2H3,(H,11,12). The average molecular weight is 216 g/mol. The van der Waals surface area contributed by atoms with Crippen molar-refractivity contribution in [1.29, 1.82) is 0 Å². The summed E-state index contributed by atoms with van der Waals surface area (Å²) < 4.78 is 4.75. The van der Waals surface area contributed by atoms with Crippen molar-refractivity contribution in [2.45, 2.75) is 6.04 Å². The van der Waals surface area contributed by atoms with Gasteiger partial charge in [-0.25, -0.2) is 0 Å². The third-order valence-corrected chi connectivity index (χ3v) is 2.28. The molecule has 0 aromatic rings. The van der Waals surface area contributed by atoms with Crippen molar-refractivity contribution in [3.05, 3.63) is 0 Å². The van der Waals surface area contributed by atoms with Gasteiger partial charge < -0.3 is 15.8 Å². The Morgan fingerprint density at radius 2 is 2.50 bits per heavy atom. The number of carbonyl (C=O) groups excluding carboxylic acids is 1. The molecule has 0 bridgehead atoms. The van der Waals surface area contributed by atoms with E-state index in [1.807, 2.05) is 0 Å². The summed E-state index contributed by atoms with van der Waals surface area (Å²) in [6.45, 7) is 0.825. The summed E-state index contributed by atoms with van der Waals surface area (Å²) in [6.07, 6.45) is 5.06. The Bertz CT molecular complexity index is 203. The fraction of sp³-hybridized carbons (Fsp3) is 0.667. The van der Waals surface area contributed by atoms with Crippen LogP contribution in [0.4, 0.5) is 0 Å². The van der Waals surface area contributed by atoms with Gasteiger partial charge in [0.15, 0.2) is 0 Å². The highest BCUT2D eigenvalue weighted by molar-refractivity contribution is 7.99. The number of carbonyl (C=O) groups is 1. The SMILES string of the molecule is C#CCSCCNC(=O)C(N)COC. The summed E-state index contributed by atoms with van der Waals surface area (Å²) >= 11 is 1.60. The van der Waals surface area contributed by atoms with E-state index < -0.39 is 6.04 Å². The van der Waals surface area contributed by atoms with Gasteiger partial charge in [-0.2, -0.15) is 0 Å². The lowest BCUT2D eigenvalue weighted by molar-refractivity contribution is -0.123. The van der Waals surface area contributed by atoms with E-state index >= 15 is 0 Å². The highest BCUT2D eigenvalue weighted by Crippen LogP contribution is 1.95. The maximum atomic E-state index is 11.2. The minimum absolute atomic E-state index is 0.187. The van der Waals surface area contributed by atoms with Gasteiger partial charge in [0.2, 0.25) is 5.91 Å². The summed E-state index contributed by atoms with van der Waals surface area (Å²) in [4.78, 5) is 11.2. The topological polar surface area (TPSA) is 64.4 Å². The summed E-state index contributed by atoms with van der Waals surface area (Å²) in [7, 11) is 1.51. The molecule has 0 aliphatic carbocycles. The van der Waals surface area contributed by atoms with Crippen LogP contribution in [0.2, 0.25) is 0 Å². The van der Waals surface area contributed by atoms with E-state index in [0.29, 0.717) is 12.3 Å². The molecule has 80 valence electrons. The number of nitrogens with two attached hydrogens (primary N) is 1. The van der Waals surface area contributed by atoms with Crippen LogP contribution in [-0.2, 0) is 9.53 Å². The predicted molar refractivity (Wildman–Crippen MR) is 59.0 cm³/mol. The number of rotatable bonds is 7. The number of ether oxygens (including phenoxy) is 1. The highest BCUT2D eigenvalue weighted by atomic mass is 32.2. The van der Waals surface area contributed by atoms with E-state index in [0.717, 1.165) is 5.75 Å².